The number of thiazole rings is 1. The maximum atomic E-state index is 11.5. The molecule has 0 saturated heterocycles. The van der Waals surface area contributed by atoms with Crippen molar-refractivity contribution >= 4 is 17.2 Å². The number of hydrogen-bond acceptors (Lipinski definition) is 5. The molecule has 1 heterocycles. The number of rotatable bonds is 9. The Morgan fingerprint density at radius 2 is 2.04 bits per heavy atom. The van der Waals surface area contributed by atoms with Crippen LogP contribution in [0, 0.1) is 6.92 Å². The van der Waals surface area contributed by atoms with Crippen molar-refractivity contribution in [3.8, 4) is 5.75 Å². The Bertz CT molecular complexity index is 638. The second-order valence-electron chi connectivity index (χ2n) is 5.90. The third-order valence-corrected chi connectivity index (χ3v) is 4.40. The van der Waals surface area contributed by atoms with E-state index < -0.39 is 0 Å². The van der Waals surface area contributed by atoms with Crippen LogP contribution in [0.2, 0.25) is 0 Å². The fourth-order valence-electron chi connectivity index (χ4n) is 2.08. The SMILES string of the molecule is Cc1ccc(OCc2nc(CNCCCC(=O)N(C)C)cs2)cc1. The Kier molecular flexibility index (Phi) is 7.21. The third kappa shape index (κ3) is 6.29. The topological polar surface area (TPSA) is 54.5 Å². The summed E-state index contributed by atoms with van der Waals surface area (Å²) < 4.78 is 5.74. The monoisotopic (exact) mass is 347 g/mol. The fourth-order valence-corrected chi connectivity index (χ4v) is 2.79. The summed E-state index contributed by atoms with van der Waals surface area (Å²) in [6, 6.07) is 8.02. The highest BCUT2D eigenvalue weighted by molar-refractivity contribution is 7.09. The fraction of sp³-hybridized carbons (Fsp3) is 0.444. The minimum Gasteiger partial charge on any atom is -0.486 e. The molecule has 2 aromatic rings. The summed E-state index contributed by atoms with van der Waals surface area (Å²) in [5.41, 5.74) is 2.23. The smallest absolute Gasteiger partial charge is 0.222 e. The number of ether oxygens (including phenoxy) is 1. The van der Waals surface area contributed by atoms with E-state index in [-0.39, 0.29) is 5.91 Å². The summed E-state index contributed by atoms with van der Waals surface area (Å²) in [6.07, 6.45) is 1.41. The molecule has 1 N–H and O–H groups in total. The van der Waals surface area contributed by atoms with E-state index in [4.69, 9.17) is 4.74 Å². The van der Waals surface area contributed by atoms with Crippen LogP contribution in [0.15, 0.2) is 29.6 Å². The highest BCUT2D eigenvalue weighted by atomic mass is 32.1. The van der Waals surface area contributed by atoms with Crippen molar-refractivity contribution in [2.24, 2.45) is 0 Å². The van der Waals surface area contributed by atoms with Crippen LogP contribution in [-0.2, 0) is 17.9 Å². The number of aromatic nitrogens is 1. The average Bonchev–Trinajstić information content (AvgIpc) is 3.01. The Morgan fingerprint density at radius 3 is 2.75 bits per heavy atom. The maximum Gasteiger partial charge on any atom is 0.222 e. The van der Waals surface area contributed by atoms with Crippen molar-refractivity contribution in [2.45, 2.75) is 32.9 Å². The molecule has 5 nitrogen and oxygen atoms in total. The molecule has 0 bridgehead atoms. The van der Waals surface area contributed by atoms with E-state index in [9.17, 15) is 4.79 Å². The second kappa shape index (κ2) is 9.39. The minimum absolute atomic E-state index is 0.168. The standard InChI is InChI=1S/C18H25N3O2S/c1-14-6-8-16(9-7-14)23-12-17-20-15(13-24-17)11-19-10-4-5-18(22)21(2)3/h6-9,13,19H,4-5,10-12H2,1-3H3. The van der Waals surface area contributed by atoms with E-state index in [1.165, 1.54) is 5.56 Å². The molecule has 0 unspecified atom stereocenters. The van der Waals surface area contributed by atoms with Gasteiger partial charge in [0.15, 0.2) is 0 Å². The highest BCUT2D eigenvalue weighted by Crippen LogP contribution is 2.16. The molecule has 1 amide bonds. The van der Waals surface area contributed by atoms with Crippen LogP contribution in [0.4, 0.5) is 0 Å². The number of nitrogens with one attached hydrogen (secondary N) is 1. The van der Waals surface area contributed by atoms with E-state index >= 15 is 0 Å². The molecule has 1 aromatic heterocycles. The summed E-state index contributed by atoms with van der Waals surface area (Å²) >= 11 is 1.61. The highest BCUT2D eigenvalue weighted by Gasteiger charge is 2.05. The Balaban J connectivity index is 1.65. The molecule has 0 aliphatic heterocycles. The lowest BCUT2D eigenvalue weighted by atomic mass is 10.2. The molecule has 0 spiro atoms. The van der Waals surface area contributed by atoms with Crippen LogP contribution in [0.25, 0.3) is 0 Å². The van der Waals surface area contributed by atoms with Gasteiger partial charge in [0.2, 0.25) is 5.91 Å². The predicted octanol–water partition coefficient (Wildman–Crippen LogP) is 2.99. The van der Waals surface area contributed by atoms with Gasteiger partial charge in [0.25, 0.3) is 0 Å². The molecular weight excluding hydrogens is 322 g/mol. The molecule has 0 saturated carbocycles. The Labute approximate surface area is 147 Å². The molecule has 0 aliphatic rings. The summed E-state index contributed by atoms with van der Waals surface area (Å²) in [6.45, 7) is 4.08. The van der Waals surface area contributed by atoms with Crippen molar-refractivity contribution in [3.05, 3.63) is 45.9 Å². The van der Waals surface area contributed by atoms with Crippen molar-refractivity contribution in [2.75, 3.05) is 20.6 Å². The van der Waals surface area contributed by atoms with Gasteiger partial charge in [0.05, 0.1) is 5.69 Å². The van der Waals surface area contributed by atoms with E-state index in [0.717, 1.165) is 36.0 Å². The lowest BCUT2D eigenvalue weighted by Gasteiger charge is -2.09. The van der Waals surface area contributed by atoms with Crippen molar-refractivity contribution in [1.82, 2.24) is 15.2 Å². The number of benzene rings is 1. The van der Waals surface area contributed by atoms with Crippen molar-refractivity contribution in [3.63, 3.8) is 0 Å². The Morgan fingerprint density at radius 1 is 1.29 bits per heavy atom. The maximum absolute atomic E-state index is 11.5. The molecule has 0 aliphatic carbocycles. The number of amides is 1. The summed E-state index contributed by atoms with van der Waals surface area (Å²) in [5, 5.41) is 6.34. The summed E-state index contributed by atoms with van der Waals surface area (Å²) in [4.78, 5) is 17.6. The molecule has 0 atom stereocenters. The first-order valence-electron chi connectivity index (χ1n) is 8.08. The largest absolute Gasteiger partial charge is 0.486 e. The molecule has 6 heteroatoms. The van der Waals surface area contributed by atoms with Gasteiger partial charge in [-0.2, -0.15) is 0 Å². The first-order chi connectivity index (χ1) is 11.5. The molecule has 24 heavy (non-hydrogen) atoms. The molecule has 130 valence electrons. The van der Waals surface area contributed by atoms with Crippen LogP contribution < -0.4 is 10.1 Å². The molecule has 2 rings (SSSR count). The van der Waals surface area contributed by atoms with Crippen molar-refractivity contribution < 1.29 is 9.53 Å². The number of hydrogen-bond donors (Lipinski definition) is 1. The van der Waals surface area contributed by atoms with Crippen molar-refractivity contribution in [1.29, 1.82) is 0 Å². The van der Waals surface area contributed by atoms with Gasteiger partial charge in [-0.05, 0) is 32.0 Å². The van der Waals surface area contributed by atoms with E-state index in [1.54, 1.807) is 30.3 Å². The van der Waals surface area contributed by atoms with E-state index in [0.29, 0.717) is 13.0 Å². The van der Waals surface area contributed by atoms with E-state index in [2.05, 4.69) is 17.2 Å². The zero-order valence-corrected chi connectivity index (χ0v) is 15.4. The number of carbonyl (C=O) groups excluding carboxylic acids is 1. The lowest BCUT2D eigenvalue weighted by Crippen LogP contribution is -2.23. The third-order valence-electron chi connectivity index (χ3n) is 3.53. The quantitative estimate of drug-likeness (QED) is 0.709. The van der Waals surface area contributed by atoms with Gasteiger partial charge in [0, 0.05) is 32.4 Å². The van der Waals surface area contributed by atoms with E-state index in [1.807, 2.05) is 29.6 Å². The van der Waals surface area contributed by atoms with Gasteiger partial charge in [-0.3, -0.25) is 4.79 Å². The van der Waals surface area contributed by atoms with Crippen LogP contribution >= 0.6 is 11.3 Å². The predicted molar refractivity (Wildman–Crippen MR) is 97.3 cm³/mol. The number of carbonyl (C=O) groups is 1. The van der Waals surface area contributed by atoms with Crippen LogP contribution in [0.3, 0.4) is 0 Å². The number of nitrogens with zero attached hydrogens (tertiary/aromatic N) is 2. The van der Waals surface area contributed by atoms with Crippen LogP contribution in [-0.4, -0.2) is 36.4 Å². The van der Waals surface area contributed by atoms with Gasteiger partial charge in [0.1, 0.15) is 17.4 Å². The van der Waals surface area contributed by atoms with Gasteiger partial charge in [-0.15, -0.1) is 11.3 Å². The number of aryl methyl sites for hydroxylation is 1. The van der Waals surface area contributed by atoms with Gasteiger partial charge < -0.3 is 15.0 Å². The summed E-state index contributed by atoms with van der Waals surface area (Å²) in [5.74, 6) is 1.03. The van der Waals surface area contributed by atoms with Crippen LogP contribution in [0.1, 0.15) is 29.1 Å². The minimum atomic E-state index is 0.168. The summed E-state index contributed by atoms with van der Waals surface area (Å²) in [7, 11) is 3.57. The van der Waals surface area contributed by atoms with Gasteiger partial charge >= 0.3 is 0 Å². The first kappa shape index (κ1) is 18.4. The average molecular weight is 347 g/mol. The molecule has 0 fully saturated rings. The van der Waals surface area contributed by atoms with Gasteiger partial charge in [-0.1, -0.05) is 17.7 Å². The Hall–Kier alpha value is -1.92. The molecule has 0 radical (unpaired) electrons. The lowest BCUT2D eigenvalue weighted by molar-refractivity contribution is -0.128. The zero-order valence-electron chi connectivity index (χ0n) is 14.5. The molecule has 1 aromatic carbocycles. The normalized spacial score (nSPS) is 10.6. The van der Waals surface area contributed by atoms with Crippen LogP contribution in [0.5, 0.6) is 5.75 Å². The zero-order chi connectivity index (χ0) is 17.4. The second-order valence-corrected chi connectivity index (χ2v) is 6.85. The van der Waals surface area contributed by atoms with Gasteiger partial charge in [-0.25, -0.2) is 4.98 Å². The first-order valence-corrected chi connectivity index (χ1v) is 8.96. The molecular formula is C18H25N3O2S.